The lowest BCUT2D eigenvalue weighted by Crippen LogP contribution is -2.36. The third kappa shape index (κ3) is 8.73. The summed E-state index contributed by atoms with van der Waals surface area (Å²) in [6, 6.07) is 17.1. The molecular weight excluding hydrogens is 419 g/mol. The van der Waals surface area contributed by atoms with Crippen molar-refractivity contribution in [2.45, 2.75) is 51.6 Å². The molecule has 6 heteroatoms. The Bertz CT molecular complexity index is 641. The fourth-order valence-electron chi connectivity index (χ4n) is 3.39. The Kier molecular flexibility index (Phi) is 15.5. The summed E-state index contributed by atoms with van der Waals surface area (Å²) in [6.07, 6.45) is 4.65. The molecule has 2 aromatic rings. The molecule has 0 bridgehead atoms. The maximum Gasteiger partial charge on any atom is 0.119 e. The van der Waals surface area contributed by atoms with Crippen molar-refractivity contribution in [3.05, 3.63) is 59.7 Å². The highest BCUT2D eigenvalue weighted by molar-refractivity contribution is 5.85. The summed E-state index contributed by atoms with van der Waals surface area (Å²) in [5.74, 6) is 1.77. The largest absolute Gasteiger partial charge is 0.497 e. The van der Waals surface area contributed by atoms with Crippen LogP contribution in [0.15, 0.2) is 48.5 Å². The molecule has 0 radical (unpaired) electrons. The van der Waals surface area contributed by atoms with Gasteiger partial charge in [-0.15, -0.1) is 24.8 Å². The van der Waals surface area contributed by atoms with Gasteiger partial charge in [0.2, 0.25) is 0 Å². The fourth-order valence-corrected chi connectivity index (χ4v) is 3.39. The highest BCUT2D eigenvalue weighted by Crippen LogP contribution is 2.32. The standard InChI is InChI=1S/C24H36N2O2.2ClH/c1-5-7-15-25-23(19-11-9-13-21(17-19)27-3)24(26-16-8-6-2)20-12-10-14-22(18-20)28-4;;/h9-14,17-18,23-26H,5-8,15-16H2,1-4H3;2*1H. The van der Waals surface area contributed by atoms with Crippen LogP contribution < -0.4 is 20.1 Å². The molecule has 2 atom stereocenters. The summed E-state index contributed by atoms with van der Waals surface area (Å²) < 4.78 is 11.0. The van der Waals surface area contributed by atoms with Crippen LogP contribution in [0.3, 0.4) is 0 Å². The molecule has 0 aliphatic heterocycles. The number of benzene rings is 2. The zero-order valence-corrected chi connectivity index (χ0v) is 20.3. The van der Waals surface area contributed by atoms with Crippen LogP contribution in [0.5, 0.6) is 11.5 Å². The van der Waals surface area contributed by atoms with Gasteiger partial charge in [-0.1, -0.05) is 51.0 Å². The molecular formula is C24H38Cl2N2O2. The Morgan fingerprint density at radius 2 is 1.10 bits per heavy atom. The van der Waals surface area contributed by atoms with E-state index < -0.39 is 0 Å². The lowest BCUT2D eigenvalue weighted by Gasteiger charge is -2.31. The summed E-state index contributed by atoms with van der Waals surface area (Å²) in [5.41, 5.74) is 2.46. The van der Waals surface area contributed by atoms with Crippen molar-refractivity contribution in [2.24, 2.45) is 0 Å². The zero-order chi connectivity index (χ0) is 20.2. The maximum atomic E-state index is 5.48. The number of hydrogen-bond donors (Lipinski definition) is 2. The van der Waals surface area contributed by atoms with Crippen LogP contribution in [-0.4, -0.2) is 27.3 Å². The number of rotatable bonds is 13. The van der Waals surface area contributed by atoms with Crippen molar-refractivity contribution in [3.63, 3.8) is 0 Å². The van der Waals surface area contributed by atoms with Gasteiger partial charge in [-0.2, -0.15) is 0 Å². The number of hydrogen-bond acceptors (Lipinski definition) is 4. The van der Waals surface area contributed by atoms with Crippen molar-refractivity contribution < 1.29 is 9.47 Å². The third-order valence-electron chi connectivity index (χ3n) is 5.03. The Morgan fingerprint density at radius 1 is 0.700 bits per heavy atom. The SMILES string of the molecule is CCCCNC(c1cccc(OC)c1)C(NCCCC)c1cccc(OC)c1.Cl.Cl. The van der Waals surface area contributed by atoms with Gasteiger partial charge in [0, 0.05) is 0 Å². The summed E-state index contributed by atoms with van der Waals surface area (Å²) in [5, 5.41) is 7.58. The van der Waals surface area contributed by atoms with Crippen molar-refractivity contribution in [1.29, 1.82) is 0 Å². The molecule has 2 rings (SSSR count). The molecule has 30 heavy (non-hydrogen) atoms. The van der Waals surface area contributed by atoms with Crippen molar-refractivity contribution in [3.8, 4) is 11.5 Å². The van der Waals surface area contributed by atoms with Gasteiger partial charge < -0.3 is 20.1 Å². The van der Waals surface area contributed by atoms with Crippen LogP contribution in [-0.2, 0) is 0 Å². The van der Waals surface area contributed by atoms with Crippen LogP contribution >= 0.6 is 24.8 Å². The Labute approximate surface area is 195 Å². The molecule has 0 aromatic heterocycles. The number of ether oxygens (including phenoxy) is 2. The van der Waals surface area contributed by atoms with E-state index in [9.17, 15) is 0 Å². The van der Waals surface area contributed by atoms with E-state index >= 15 is 0 Å². The lowest BCUT2D eigenvalue weighted by atomic mass is 9.92. The number of nitrogens with one attached hydrogen (secondary N) is 2. The molecule has 0 aliphatic carbocycles. The Hall–Kier alpha value is -1.46. The van der Waals surface area contributed by atoms with Gasteiger partial charge in [-0.3, -0.25) is 0 Å². The predicted octanol–water partition coefficient (Wildman–Crippen LogP) is 6.11. The first-order valence-electron chi connectivity index (χ1n) is 10.5. The second kappa shape index (κ2) is 16.3. The molecule has 0 fully saturated rings. The van der Waals surface area contributed by atoms with Gasteiger partial charge in [0.15, 0.2) is 0 Å². The molecule has 0 spiro atoms. The lowest BCUT2D eigenvalue weighted by molar-refractivity contribution is 0.372. The van der Waals surface area contributed by atoms with E-state index in [0.29, 0.717) is 0 Å². The second-order valence-corrected chi connectivity index (χ2v) is 7.12. The summed E-state index contributed by atoms with van der Waals surface area (Å²) >= 11 is 0. The van der Waals surface area contributed by atoms with Crippen LogP contribution in [0.1, 0.15) is 62.7 Å². The first kappa shape index (κ1) is 28.5. The van der Waals surface area contributed by atoms with Crippen molar-refractivity contribution in [1.82, 2.24) is 10.6 Å². The summed E-state index contributed by atoms with van der Waals surface area (Å²) in [7, 11) is 3.44. The smallest absolute Gasteiger partial charge is 0.119 e. The quantitative estimate of drug-likeness (QED) is 0.356. The van der Waals surface area contributed by atoms with Crippen LogP contribution in [0.2, 0.25) is 0 Å². The molecule has 2 aromatic carbocycles. The molecule has 0 amide bonds. The van der Waals surface area contributed by atoms with E-state index in [2.05, 4.69) is 60.9 Å². The maximum absolute atomic E-state index is 5.48. The fraction of sp³-hybridized carbons (Fsp3) is 0.500. The van der Waals surface area contributed by atoms with Gasteiger partial charge in [0.1, 0.15) is 11.5 Å². The summed E-state index contributed by atoms with van der Waals surface area (Å²) in [6.45, 7) is 6.41. The molecule has 2 N–H and O–H groups in total. The average molecular weight is 457 g/mol. The number of methoxy groups -OCH3 is 2. The highest BCUT2D eigenvalue weighted by Gasteiger charge is 2.25. The molecule has 0 aliphatic rings. The van der Waals surface area contributed by atoms with Gasteiger partial charge in [0.25, 0.3) is 0 Å². The van der Waals surface area contributed by atoms with Crippen LogP contribution in [0.25, 0.3) is 0 Å². The minimum atomic E-state index is 0. The van der Waals surface area contributed by atoms with E-state index in [4.69, 9.17) is 9.47 Å². The van der Waals surface area contributed by atoms with E-state index in [1.165, 1.54) is 24.0 Å². The average Bonchev–Trinajstić information content (AvgIpc) is 2.75. The van der Waals surface area contributed by atoms with Gasteiger partial charge in [0.05, 0.1) is 26.3 Å². The molecule has 0 heterocycles. The minimum absolute atomic E-state index is 0. The Balaban J connectivity index is 0.00000420. The normalized spacial score (nSPS) is 12.3. The summed E-state index contributed by atoms with van der Waals surface area (Å²) in [4.78, 5) is 0. The van der Waals surface area contributed by atoms with Crippen molar-refractivity contribution in [2.75, 3.05) is 27.3 Å². The number of halogens is 2. The van der Waals surface area contributed by atoms with E-state index in [1.807, 2.05) is 12.1 Å². The van der Waals surface area contributed by atoms with E-state index in [0.717, 1.165) is 37.4 Å². The third-order valence-corrected chi connectivity index (χ3v) is 5.03. The monoisotopic (exact) mass is 456 g/mol. The second-order valence-electron chi connectivity index (χ2n) is 7.12. The van der Waals surface area contributed by atoms with Gasteiger partial charge in [-0.05, 0) is 61.3 Å². The van der Waals surface area contributed by atoms with Gasteiger partial charge >= 0.3 is 0 Å². The minimum Gasteiger partial charge on any atom is -0.497 e. The van der Waals surface area contributed by atoms with E-state index in [-0.39, 0.29) is 36.9 Å². The molecule has 0 saturated carbocycles. The van der Waals surface area contributed by atoms with E-state index in [1.54, 1.807) is 14.2 Å². The zero-order valence-electron chi connectivity index (χ0n) is 18.6. The molecule has 0 saturated heterocycles. The predicted molar refractivity (Wildman–Crippen MR) is 132 cm³/mol. The number of unbranched alkanes of at least 4 members (excludes halogenated alkanes) is 2. The van der Waals surface area contributed by atoms with Crippen molar-refractivity contribution >= 4 is 24.8 Å². The molecule has 170 valence electrons. The highest BCUT2D eigenvalue weighted by atomic mass is 35.5. The topological polar surface area (TPSA) is 42.5 Å². The van der Waals surface area contributed by atoms with Gasteiger partial charge in [-0.25, -0.2) is 0 Å². The Morgan fingerprint density at radius 3 is 1.43 bits per heavy atom. The first-order chi connectivity index (χ1) is 13.7. The van der Waals surface area contributed by atoms with Crippen LogP contribution in [0, 0.1) is 0 Å². The molecule has 2 unspecified atom stereocenters. The molecule has 4 nitrogen and oxygen atoms in total. The van der Waals surface area contributed by atoms with Crippen LogP contribution in [0.4, 0.5) is 0 Å². The first-order valence-corrected chi connectivity index (χ1v) is 10.5.